The van der Waals surface area contributed by atoms with E-state index < -0.39 is 0 Å². The summed E-state index contributed by atoms with van der Waals surface area (Å²) in [6.07, 6.45) is 0.131. The molecule has 16 heavy (non-hydrogen) atoms. The lowest BCUT2D eigenvalue weighted by atomic mass is 10.1. The van der Waals surface area contributed by atoms with Crippen LogP contribution >= 0.6 is 0 Å². The van der Waals surface area contributed by atoms with Crippen LogP contribution < -0.4 is 4.90 Å². The predicted octanol–water partition coefficient (Wildman–Crippen LogP) is 2.12. The van der Waals surface area contributed by atoms with Gasteiger partial charge in [0.2, 0.25) is 5.91 Å². The van der Waals surface area contributed by atoms with Crippen molar-refractivity contribution in [3.05, 3.63) is 41.5 Å². The molecule has 0 unspecified atom stereocenters. The van der Waals surface area contributed by atoms with Gasteiger partial charge in [0.25, 0.3) is 5.91 Å². The molecule has 0 aliphatic carbocycles. The average Bonchev–Trinajstić information content (AvgIpc) is 2.47. The number of hydrogen-bond donors (Lipinski definition) is 0. The van der Waals surface area contributed by atoms with E-state index in [9.17, 15) is 9.59 Å². The molecule has 3 heteroatoms. The molecule has 0 aromatic heterocycles. The van der Waals surface area contributed by atoms with Crippen molar-refractivity contribution in [1.29, 1.82) is 0 Å². The van der Waals surface area contributed by atoms with Crippen LogP contribution in [0, 0.1) is 13.8 Å². The number of benzene rings is 1. The van der Waals surface area contributed by atoms with E-state index in [1.165, 1.54) is 4.90 Å². The monoisotopic (exact) mass is 215 g/mol. The minimum absolute atomic E-state index is 0.131. The molecule has 1 aliphatic heterocycles. The zero-order valence-corrected chi connectivity index (χ0v) is 9.41. The van der Waals surface area contributed by atoms with Gasteiger partial charge in [0, 0.05) is 5.57 Å². The Morgan fingerprint density at radius 3 is 2.38 bits per heavy atom. The van der Waals surface area contributed by atoms with E-state index in [0.717, 1.165) is 11.1 Å². The first kappa shape index (κ1) is 10.6. The van der Waals surface area contributed by atoms with Gasteiger partial charge in [0.1, 0.15) is 0 Å². The maximum Gasteiger partial charge on any atom is 0.260 e. The van der Waals surface area contributed by atoms with Gasteiger partial charge in [0.05, 0.1) is 12.1 Å². The third kappa shape index (κ3) is 1.54. The molecule has 1 saturated heterocycles. The van der Waals surface area contributed by atoms with Crippen molar-refractivity contribution in [1.82, 2.24) is 0 Å². The Balaban J connectivity index is 2.45. The lowest BCUT2D eigenvalue weighted by Gasteiger charge is -2.14. The van der Waals surface area contributed by atoms with Gasteiger partial charge in [-0.3, -0.25) is 9.59 Å². The van der Waals surface area contributed by atoms with Crippen molar-refractivity contribution in [2.75, 3.05) is 4.90 Å². The summed E-state index contributed by atoms with van der Waals surface area (Å²) in [5, 5.41) is 0. The van der Waals surface area contributed by atoms with Gasteiger partial charge >= 0.3 is 0 Å². The van der Waals surface area contributed by atoms with Gasteiger partial charge in [-0.25, -0.2) is 4.90 Å². The Labute approximate surface area is 94.4 Å². The summed E-state index contributed by atoms with van der Waals surface area (Å²) in [7, 11) is 0. The number of rotatable bonds is 1. The number of anilines is 1. The smallest absolute Gasteiger partial charge is 0.260 e. The molecule has 1 aliphatic rings. The highest BCUT2D eigenvalue weighted by molar-refractivity contribution is 6.27. The quantitative estimate of drug-likeness (QED) is 0.531. The Kier molecular flexibility index (Phi) is 2.38. The van der Waals surface area contributed by atoms with Crippen molar-refractivity contribution >= 4 is 17.5 Å². The number of carbonyl (C=O) groups excluding carboxylic acids is 2. The normalized spacial score (nSPS) is 16.1. The second kappa shape index (κ2) is 3.59. The Morgan fingerprint density at radius 1 is 1.19 bits per heavy atom. The largest absolute Gasteiger partial charge is 0.274 e. The number of imide groups is 1. The average molecular weight is 215 g/mol. The summed E-state index contributed by atoms with van der Waals surface area (Å²) in [4.78, 5) is 24.6. The van der Waals surface area contributed by atoms with Gasteiger partial charge < -0.3 is 0 Å². The Morgan fingerprint density at radius 2 is 1.88 bits per heavy atom. The number of hydrogen-bond acceptors (Lipinski definition) is 2. The molecule has 1 fully saturated rings. The molecule has 0 spiro atoms. The van der Waals surface area contributed by atoms with E-state index in [0.29, 0.717) is 11.3 Å². The molecule has 0 radical (unpaired) electrons. The van der Waals surface area contributed by atoms with Crippen LogP contribution in [0.1, 0.15) is 17.5 Å². The SMILES string of the molecule is C=C1CC(=O)N(c2ccc(C)c(C)c2)C1=O. The first-order valence-corrected chi connectivity index (χ1v) is 5.13. The van der Waals surface area contributed by atoms with Gasteiger partial charge in [-0.05, 0) is 37.1 Å². The first-order chi connectivity index (χ1) is 7.50. The standard InChI is InChI=1S/C13H13NO2/c1-8-4-5-11(6-9(8)2)14-12(15)7-10(3)13(14)16/h4-6H,3,7H2,1-2H3. The third-order valence-corrected chi connectivity index (χ3v) is 2.87. The highest BCUT2D eigenvalue weighted by Gasteiger charge is 2.33. The van der Waals surface area contributed by atoms with E-state index in [2.05, 4.69) is 6.58 Å². The van der Waals surface area contributed by atoms with Gasteiger partial charge in [-0.15, -0.1) is 0 Å². The van der Waals surface area contributed by atoms with Crippen LogP contribution in [0.5, 0.6) is 0 Å². The molecule has 1 aromatic carbocycles. The number of aryl methyl sites for hydroxylation is 2. The lowest BCUT2D eigenvalue weighted by Crippen LogP contribution is -2.28. The van der Waals surface area contributed by atoms with Crippen LogP contribution in [0.15, 0.2) is 30.4 Å². The van der Waals surface area contributed by atoms with Crippen molar-refractivity contribution in [3.8, 4) is 0 Å². The maximum atomic E-state index is 11.7. The number of nitrogens with zero attached hydrogens (tertiary/aromatic N) is 1. The molecule has 1 heterocycles. The highest BCUT2D eigenvalue weighted by atomic mass is 16.2. The van der Waals surface area contributed by atoms with Crippen LogP contribution in [-0.4, -0.2) is 11.8 Å². The molecule has 0 bridgehead atoms. The van der Waals surface area contributed by atoms with Crippen LogP contribution in [0.2, 0.25) is 0 Å². The fraction of sp³-hybridized carbons (Fsp3) is 0.231. The van der Waals surface area contributed by atoms with Crippen molar-refractivity contribution < 1.29 is 9.59 Å². The van der Waals surface area contributed by atoms with Crippen molar-refractivity contribution in [2.24, 2.45) is 0 Å². The van der Waals surface area contributed by atoms with Crippen LogP contribution in [-0.2, 0) is 9.59 Å². The van der Waals surface area contributed by atoms with E-state index in [1.807, 2.05) is 26.0 Å². The predicted molar refractivity (Wildman–Crippen MR) is 62.2 cm³/mol. The molecule has 0 N–H and O–H groups in total. The minimum atomic E-state index is -0.284. The summed E-state index contributed by atoms with van der Waals surface area (Å²) in [6.45, 7) is 7.54. The van der Waals surface area contributed by atoms with Gasteiger partial charge in [0.15, 0.2) is 0 Å². The molecule has 1 aromatic rings. The molecule has 3 nitrogen and oxygen atoms in total. The van der Waals surface area contributed by atoms with E-state index in [1.54, 1.807) is 6.07 Å². The molecular formula is C13H13NO2. The van der Waals surface area contributed by atoms with Crippen molar-refractivity contribution in [2.45, 2.75) is 20.3 Å². The maximum absolute atomic E-state index is 11.7. The summed E-state index contributed by atoms with van der Waals surface area (Å²) in [5.41, 5.74) is 3.21. The second-order valence-corrected chi connectivity index (χ2v) is 4.08. The summed E-state index contributed by atoms with van der Waals surface area (Å²) >= 11 is 0. The first-order valence-electron chi connectivity index (χ1n) is 5.13. The minimum Gasteiger partial charge on any atom is -0.274 e. The second-order valence-electron chi connectivity index (χ2n) is 4.08. The summed E-state index contributed by atoms with van der Waals surface area (Å²) in [6, 6.07) is 5.55. The zero-order chi connectivity index (χ0) is 11.9. The van der Waals surface area contributed by atoms with Crippen LogP contribution in [0.4, 0.5) is 5.69 Å². The van der Waals surface area contributed by atoms with Crippen LogP contribution in [0.25, 0.3) is 0 Å². The molecular weight excluding hydrogens is 202 g/mol. The molecule has 0 atom stereocenters. The summed E-state index contributed by atoms with van der Waals surface area (Å²) < 4.78 is 0. The van der Waals surface area contributed by atoms with Gasteiger partial charge in [-0.1, -0.05) is 12.6 Å². The Bertz CT molecular complexity index is 503. The summed E-state index contributed by atoms with van der Waals surface area (Å²) in [5.74, 6) is -0.480. The van der Waals surface area contributed by atoms with Gasteiger partial charge in [-0.2, -0.15) is 0 Å². The van der Waals surface area contributed by atoms with Crippen molar-refractivity contribution in [3.63, 3.8) is 0 Å². The molecule has 2 rings (SSSR count). The fourth-order valence-corrected chi connectivity index (χ4v) is 1.73. The number of carbonyl (C=O) groups is 2. The molecule has 2 amide bonds. The highest BCUT2D eigenvalue weighted by Crippen LogP contribution is 2.26. The van der Waals surface area contributed by atoms with E-state index in [4.69, 9.17) is 0 Å². The lowest BCUT2D eigenvalue weighted by molar-refractivity contribution is -0.120. The zero-order valence-electron chi connectivity index (χ0n) is 9.41. The molecule has 0 saturated carbocycles. The van der Waals surface area contributed by atoms with E-state index in [-0.39, 0.29) is 18.2 Å². The number of amides is 2. The fourth-order valence-electron chi connectivity index (χ4n) is 1.73. The third-order valence-electron chi connectivity index (χ3n) is 2.87. The topological polar surface area (TPSA) is 37.4 Å². The molecule has 82 valence electrons. The van der Waals surface area contributed by atoms with E-state index >= 15 is 0 Å². The van der Waals surface area contributed by atoms with Crippen LogP contribution in [0.3, 0.4) is 0 Å². The Hall–Kier alpha value is -1.90.